The van der Waals surface area contributed by atoms with E-state index in [1.54, 1.807) is 30.1 Å². The van der Waals surface area contributed by atoms with Crippen LogP contribution in [0.4, 0.5) is 4.79 Å². The molecule has 2 amide bonds. The van der Waals surface area contributed by atoms with E-state index in [0.29, 0.717) is 19.5 Å². The van der Waals surface area contributed by atoms with Crippen LogP contribution < -0.4 is 5.32 Å². The molecule has 2 rings (SSSR count). The van der Waals surface area contributed by atoms with Crippen LogP contribution in [0.1, 0.15) is 30.1 Å². The van der Waals surface area contributed by atoms with Crippen LogP contribution in [0, 0.1) is 6.92 Å². The number of nitrogens with one attached hydrogen (secondary N) is 1. The third-order valence-corrected chi connectivity index (χ3v) is 4.23. The Kier molecular flexibility index (Phi) is 6.34. The molecule has 0 bridgehead atoms. The number of hydrogen-bond acceptors (Lipinski definition) is 4. The zero-order chi connectivity index (χ0) is 17.6. The number of urea groups is 1. The summed E-state index contributed by atoms with van der Waals surface area (Å²) in [7, 11) is 0. The summed E-state index contributed by atoms with van der Waals surface area (Å²) in [6.45, 7) is 6.64. The number of rotatable bonds is 7. The molecular weight excluding hydrogens is 322 g/mol. The normalized spacial score (nSPS) is 11.3. The van der Waals surface area contributed by atoms with Crippen molar-refractivity contribution >= 4 is 17.4 Å². The highest BCUT2D eigenvalue weighted by Crippen LogP contribution is 2.11. The van der Waals surface area contributed by atoms with E-state index < -0.39 is 5.60 Å². The zero-order valence-electron chi connectivity index (χ0n) is 14.5. The van der Waals surface area contributed by atoms with Gasteiger partial charge in [0.2, 0.25) is 0 Å². The third-order valence-electron chi connectivity index (χ3n) is 3.41. The molecule has 5 nitrogen and oxygen atoms in total. The summed E-state index contributed by atoms with van der Waals surface area (Å²) in [4.78, 5) is 18.5. The molecular formula is C18H25N3O2S. The fourth-order valence-electron chi connectivity index (χ4n) is 2.40. The number of hydrogen-bond donors (Lipinski definition) is 2. The first-order valence-electron chi connectivity index (χ1n) is 8.03. The van der Waals surface area contributed by atoms with Gasteiger partial charge in [0.05, 0.1) is 22.8 Å². The molecule has 2 aromatic rings. The van der Waals surface area contributed by atoms with E-state index in [1.165, 1.54) is 0 Å². The molecule has 0 saturated heterocycles. The summed E-state index contributed by atoms with van der Waals surface area (Å²) in [6, 6.07) is 9.61. The molecule has 24 heavy (non-hydrogen) atoms. The summed E-state index contributed by atoms with van der Waals surface area (Å²) in [6.07, 6.45) is 0.706. The number of carbonyl (C=O) groups excluding carboxylic acids is 1. The highest BCUT2D eigenvalue weighted by Gasteiger charge is 2.22. The van der Waals surface area contributed by atoms with Crippen LogP contribution in [0.5, 0.6) is 0 Å². The average molecular weight is 347 g/mol. The molecule has 0 radical (unpaired) electrons. The lowest BCUT2D eigenvalue weighted by Crippen LogP contribution is -2.46. The molecule has 0 atom stereocenters. The molecule has 1 heterocycles. The molecule has 0 saturated carbocycles. The van der Waals surface area contributed by atoms with Crippen LogP contribution in [0.3, 0.4) is 0 Å². The van der Waals surface area contributed by atoms with Crippen molar-refractivity contribution in [3.8, 4) is 0 Å². The van der Waals surface area contributed by atoms with Gasteiger partial charge in [0.25, 0.3) is 0 Å². The van der Waals surface area contributed by atoms with Gasteiger partial charge in [-0.3, -0.25) is 0 Å². The molecule has 0 unspecified atom stereocenters. The maximum absolute atomic E-state index is 12.5. The number of nitrogens with zero attached hydrogens (tertiary/aromatic N) is 2. The molecule has 6 heteroatoms. The lowest BCUT2D eigenvalue weighted by molar-refractivity contribution is 0.0447. The van der Waals surface area contributed by atoms with Gasteiger partial charge >= 0.3 is 6.03 Å². The number of aliphatic hydroxyl groups is 1. The van der Waals surface area contributed by atoms with Gasteiger partial charge in [-0.15, -0.1) is 11.3 Å². The summed E-state index contributed by atoms with van der Waals surface area (Å²) in [5.74, 6) is 0. The monoisotopic (exact) mass is 347 g/mol. The average Bonchev–Trinajstić information content (AvgIpc) is 2.92. The minimum atomic E-state index is -0.946. The smallest absolute Gasteiger partial charge is 0.317 e. The van der Waals surface area contributed by atoms with Crippen molar-refractivity contribution in [3.05, 3.63) is 52.0 Å². The van der Waals surface area contributed by atoms with Crippen molar-refractivity contribution in [2.75, 3.05) is 13.1 Å². The Labute approximate surface area is 147 Å². The van der Waals surface area contributed by atoms with E-state index >= 15 is 0 Å². The first-order valence-corrected chi connectivity index (χ1v) is 8.91. The van der Waals surface area contributed by atoms with Gasteiger partial charge in [0.1, 0.15) is 0 Å². The summed E-state index contributed by atoms with van der Waals surface area (Å²) < 4.78 is 0. The van der Waals surface area contributed by atoms with Crippen LogP contribution in [0.2, 0.25) is 0 Å². The quantitative estimate of drug-likeness (QED) is 0.809. The first kappa shape index (κ1) is 18.4. The second-order valence-electron chi connectivity index (χ2n) is 6.49. The van der Waals surface area contributed by atoms with Gasteiger partial charge in [-0.25, -0.2) is 9.78 Å². The Balaban J connectivity index is 1.93. The highest BCUT2D eigenvalue weighted by molar-refractivity contribution is 7.09. The van der Waals surface area contributed by atoms with Crippen molar-refractivity contribution in [2.45, 2.75) is 39.3 Å². The molecule has 0 aliphatic heterocycles. The fourth-order valence-corrected chi connectivity index (χ4v) is 3.05. The number of benzene rings is 1. The minimum absolute atomic E-state index is 0.173. The van der Waals surface area contributed by atoms with Crippen LogP contribution in [-0.4, -0.2) is 39.7 Å². The molecule has 1 aromatic carbocycles. The Bertz CT molecular complexity index is 650. The molecule has 1 aromatic heterocycles. The Hall–Kier alpha value is -1.92. The molecule has 130 valence electrons. The lowest BCUT2D eigenvalue weighted by atomic mass is 10.1. The number of amides is 2. The summed E-state index contributed by atoms with van der Waals surface area (Å²) in [5.41, 5.74) is 1.08. The minimum Gasteiger partial charge on any atom is -0.389 e. The Morgan fingerprint density at radius 2 is 2.04 bits per heavy atom. The lowest BCUT2D eigenvalue weighted by Gasteiger charge is -2.29. The van der Waals surface area contributed by atoms with Crippen LogP contribution in [-0.2, 0) is 13.0 Å². The van der Waals surface area contributed by atoms with Crippen molar-refractivity contribution in [1.29, 1.82) is 0 Å². The van der Waals surface area contributed by atoms with Gasteiger partial charge in [-0.1, -0.05) is 30.3 Å². The molecule has 0 aliphatic carbocycles. The third kappa shape index (κ3) is 6.29. The number of carbonyl (C=O) groups is 1. The molecule has 0 aliphatic rings. The van der Waals surface area contributed by atoms with Gasteiger partial charge in [-0.05, 0) is 26.3 Å². The van der Waals surface area contributed by atoms with Gasteiger partial charge in [-0.2, -0.15) is 0 Å². The standard InChI is InChI=1S/C18H25N3O2S/c1-14-20-16(12-24-14)9-10-19-17(22)21(13-18(2,3)23)11-15-7-5-4-6-8-15/h4-8,12,23H,9-11,13H2,1-3H3,(H,19,22). The second-order valence-corrected chi connectivity index (χ2v) is 7.56. The molecule has 0 spiro atoms. The van der Waals surface area contributed by atoms with Crippen molar-refractivity contribution in [3.63, 3.8) is 0 Å². The predicted molar refractivity (Wildman–Crippen MR) is 97.1 cm³/mol. The predicted octanol–water partition coefficient (Wildman–Crippen LogP) is 2.98. The zero-order valence-corrected chi connectivity index (χ0v) is 15.3. The first-order chi connectivity index (χ1) is 11.3. The van der Waals surface area contributed by atoms with E-state index in [4.69, 9.17) is 0 Å². The van der Waals surface area contributed by atoms with E-state index in [0.717, 1.165) is 16.3 Å². The number of aromatic nitrogens is 1. The fraction of sp³-hybridized carbons (Fsp3) is 0.444. The van der Waals surface area contributed by atoms with Gasteiger partial charge in [0.15, 0.2) is 0 Å². The van der Waals surface area contributed by atoms with Crippen molar-refractivity contribution in [2.24, 2.45) is 0 Å². The van der Waals surface area contributed by atoms with Gasteiger partial charge < -0.3 is 15.3 Å². The maximum Gasteiger partial charge on any atom is 0.317 e. The topological polar surface area (TPSA) is 65.5 Å². The Morgan fingerprint density at radius 1 is 1.33 bits per heavy atom. The van der Waals surface area contributed by atoms with E-state index in [9.17, 15) is 9.90 Å². The van der Waals surface area contributed by atoms with E-state index in [2.05, 4.69) is 10.3 Å². The SMILES string of the molecule is Cc1nc(CCNC(=O)N(Cc2ccccc2)CC(C)(C)O)cs1. The highest BCUT2D eigenvalue weighted by atomic mass is 32.1. The van der Waals surface area contributed by atoms with Crippen LogP contribution in [0.15, 0.2) is 35.7 Å². The second kappa shape index (κ2) is 8.26. The number of aryl methyl sites for hydroxylation is 1. The van der Waals surface area contributed by atoms with Crippen molar-refractivity contribution in [1.82, 2.24) is 15.2 Å². The van der Waals surface area contributed by atoms with Crippen LogP contribution in [0.25, 0.3) is 0 Å². The Morgan fingerprint density at radius 3 is 2.62 bits per heavy atom. The van der Waals surface area contributed by atoms with Crippen LogP contribution >= 0.6 is 11.3 Å². The summed E-state index contributed by atoms with van der Waals surface area (Å²) >= 11 is 1.61. The molecule has 0 fully saturated rings. The van der Waals surface area contributed by atoms with E-state index in [1.807, 2.05) is 42.6 Å². The molecule has 2 N–H and O–H groups in total. The van der Waals surface area contributed by atoms with Gasteiger partial charge in [0, 0.05) is 24.9 Å². The summed E-state index contributed by atoms with van der Waals surface area (Å²) in [5, 5.41) is 16.1. The largest absolute Gasteiger partial charge is 0.389 e. The number of thiazole rings is 1. The van der Waals surface area contributed by atoms with Crippen molar-refractivity contribution < 1.29 is 9.90 Å². The maximum atomic E-state index is 12.5. The van der Waals surface area contributed by atoms with E-state index in [-0.39, 0.29) is 12.6 Å².